The van der Waals surface area contributed by atoms with Gasteiger partial charge in [0, 0.05) is 43.5 Å². The molecule has 0 spiro atoms. The number of allylic oxidation sites excluding steroid dienone is 4. The van der Waals surface area contributed by atoms with Crippen LogP contribution < -0.4 is 0 Å². The van der Waals surface area contributed by atoms with Crippen LogP contribution in [0.15, 0.2) is 48.7 Å². The second-order valence-electron chi connectivity index (χ2n) is 11.1. The predicted molar refractivity (Wildman–Crippen MR) is 161 cm³/mol. The first-order valence-electron chi connectivity index (χ1n) is 15.1. The van der Waals surface area contributed by atoms with Crippen molar-refractivity contribution in [3.8, 4) is 0 Å². The van der Waals surface area contributed by atoms with E-state index in [-0.39, 0.29) is 25.4 Å². The number of nitrogens with zero attached hydrogens (tertiary/aromatic N) is 1. The van der Waals surface area contributed by atoms with Gasteiger partial charge < -0.3 is 19.4 Å². The van der Waals surface area contributed by atoms with Gasteiger partial charge in [-0.3, -0.25) is 4.79 Å². The molecular weight excluding hydrogens is 507 g/mol. The van der Waals surface area contributed by atoms with Crippen LogP contribution in [0.25, 0.3) is 10.9 Å². The van der Waals surface area contributed by atoms with E-state index in [4.69, 9.17) is 9.47 Å². The maximum absolute atomic E-state index is 13.8. The molecule has 1 N–H and O–H groups in total. The van der Waals surface area contributed by atoms with Gasteiger partial charge in [-0.25, -0.2) is 9.18 Å². The number of likely N-dealkylation sites (tertiary alicyclic amines) is 1. The molecule has 1 fully saturated rings. The molecule has 222 valence electrons. The van der Waals surface area contributed by atoms with Crippen molar-refractivity contribution < 1.29 is 24.9 Å². The highest BCUT2D eigenvalue weighted by Gasteiger charge is 2.39. The number of hydrogen-bond donors (Lipinski definition) is 1. The van der Waals surface area contributed by atoms with Crippen LogP contribution >= 0.6 is 0 Å². The summed E-state index contributed by atoms with van der Waals surface area (Å²) in [7, 11) is 0. The number of fused-ring (bicyclic) bond motifs is 1. The van der Waals surface area contributed by atoms with Crippen LogP contribution in [0.2, 0.25) is 0 Å². The number of carbonyl (C=O) groups is 2. The normalized spacial score (nSPS) is 17.4. The Bertz CT molecular complexity index is 1130. The summed E-state index contributed by atoms with van der Waals surface area (Å²) in [6, 6.07) is 4.68. The van der Waals surface area contributed by atoms with Gasteiger partial charge in [0.2, 0.25) is 6.79 Å². The third-order valence-electron chi connectivity index (χ3n) is 7.76. The Kier molecular flexibility index (Phi) is 13.3. The number of aromatic amines is 1. The minimum Gasteiger partial charge on any atom is -0.428 e. The molecule has 1 amide bonds. The van der Waals surface area contributed by atoms with E-state index in [0.29, 0.717) is 19.5 Å². The number of benzene rings is 1. The zero-order valence-electron chi connectivity index (χ0n) is 24.4. The van der Waals surface area contributed by atoms with Crippen LogP contribution in [0, 0.1) is 5.82 Å². The summed E-state index contributed by atoms with van der Waals surface area (Å²) in [5, 5.41) is 0.833. The number of ether oxygens (including phenoxy) is 2. The van der Waals surface area contributed by atoms with E-state index in [1.165, 1.54) is 44.2 Å². The minimum atomic E-state index is -0.500. The summed E-state index contributed by atoms with van der Waals surface area (Å²) in [6.45, 7) is 4.90. The molecule has 1 aromatic carbocycles. The number of halogens is 1. The second-order valence-corrected chi connectivity index (χ2v) is 11.1. The molecule has 1 aromatic heterocycles. The van der Waals surface area contributed by atoms with Gasteiger partial charge in [0.1, 0.15) is 5.82 Å². The van der Waals surface area contributed by atoms with Gasteiger partial charge in [0.05, 0.1) is 0 Å². The Hall–Kier alpha value is -3.09. The molecule has 3 rings (SSSR count). The van der Waals surface area contributed by atoms with E-state index in [1.807, 2.05) is 6.20 Å². The van der Waals surface area contributed by atoms with Crippen LogP contribution in [-0.2, 0) is 19.7 Å². The maximum atomic E-state index is 13.8. The van der Waals surface area contributed by atoms with Gasteiger partial charge in [-0.2, -0.15) is 0 Å². The number of aromatic nitrogens is 1. The molecule has 1 atom stereocenters. The van der Waals surface area contributed by atoms with E-state index in [1.54, 1.807) is 11.0 Å². The Labute approximate surface area is 240 Å². The Morgan fingerprint density at radius 2 is 1.75 bits per heavy atom. The van der Waals surface area contributed by atoms with Crippen molar-refractivity contribution in [2.75, 3.05) is 19.9 Å². The number of carbonyl (C=O) groups excluding carboxylic acids is 2. The van der Waals surface area contributed by atoms with Gasteiger partial charge in [0.15, 0.2) is 0 Å². The van der Waals surface area contributed by atoms with Crippen molar-refractivity contribution >= 4 is 23.0 Å². The lowest BCUT2D eigenvalue weighted by atomic mass is 9.81. The zero-order chi connectivity index (χ0) is 28.6. The van der Waals surface area contributed by atoms with Crippen LogP contribution in [0.5, 0.6) is 0 Å². The van der Waals surface area contributed by atoms with E-state index in [9.17, 15) is 14.0 Å². The van der Waals surface area contributed by atoms with E-state index in [2.05, 4.69) is 43.1 Å². The van der Waals surface area contributed by atoms with Crippen LogP contribution in [0.1, 0.15) is 104 Å². The lowest BCUT2D eigenvalue weighted by Crippen LogP contribution is -2.33. The first-order valence-corrected chi connectivity index (χ1v) is 15.1. The van der Waals surface area contributed by atoms with Crippen LogP contribution in [0.4, 0.5) is 9.18 Å². The lowest BCUT2D eigenvalue weighted by molar-refractivity contribution is -0.152. The predicted octanol–water partition coefficient (Wildman–Crippen LogP) is 8.97. The average molecular weight is 557 g/mol. The summed E-state index contributed by atoms with van der Waals surface area (Å²) >= 11 is 0. The molecule has 0 bridgehead atoms. The highest BCUT2D eigenvalue weighted by atomic mass is 19.1. The molecule has 6 nitrogen and oxygen atoms in total. The molecule has 0 saturated carbocycles. The third-order valence-corrected chi connectivity index (χ3v) is 7.76. The van der Waals surface area contributed by atoms with Gasteiger partial charge in [0.25, 0.3) is 0 Å². The monoisotopic (exact) mass is 556 g/mol. The maximum Gasteiger partial charge on any atom is 0.412 e. The molecule has 1 unspecified atom stereocenters. The first-order chi connectivity index (χ1) is 19.4. The summed E-state index contributed by atoms with van der Waals surface area (Å²) in [5.41, 5.74) is 1.54. The Morgan fingerprint density at radius 1 is 1.02 bits per heavy atom. The first kappa shape index (κ1) is 31.4. The van der Waals surface area contributed by atoms with Gasteiger partial charge >= 0.3 is 12.1 Å². The number of H-pyrrole nitrogens is 1. The van der Waals surface area contributed by atoms with Crippen LogP contribution in [-0.4, -0.2) is 41.8 Å². The molecule has 1 aliphatic rings. The molecule has 0 aliphatic carbocycles. The number of esters is 1. The van der Waals surface area contributed by atoms with Crippen molar-refractivity contribution in [3.63, 3.8) is 0 Å². The van der Waals surface area contributed by atoms with Crippen molar-refractivity contribution in [3.05, 3.63) is 60.1 Å². The van der Waals surface area contributed by atoms with Gasteiger partial charge in [-0.15, -0.1) is 0 Å². The fourth-order valence-corrected chi connectivity index (χ4v) is 5.32. The quantitative estimate of drug-likeness (QED) is 0.0913. The molecule has 0 radical (unpaired) electrons. The van der Waals surface area contributed by atoms with Crippen molar-refractivity contribution in [1.82, 2.24) is 9.88 Å². The highest BCUT2D eigenvalue weighted by Crippen LogP contribution is 2.38. The Morgan fingerprint density at radius 3 is 2.52 bits per heavy atom. The number of amides is 1. The molecule has 1 aliphatic heterocycles. The smallest absolute Gasteiger partial charge is 0.412 e. The SMILES string of the molecule is CCCCC/C=C\C/C=C\CCCCCCCC(=O)OCOC(=O)N1CCC(C)(c2c[nH]c3ccc(F)cc23)C1.[HH]. The van der Waals surface area contributed by atoms with Gasteiger partial charge in [-0.05, 0) is 68.7 Å². The van der Waals surface area contributed by atoms with E-state index >= 15 is 0 Å². The molecular formula is C33H49FN2O4. The minimum absolute atomic E-state index is 0. The van der Waals surface area contributed by atoms with Gasteiger partial charge in [-0.1, -0.05) is 70.3 Å². The summed E-state index contributed by atoms with van der Waals surface area (Å²) < 4.78 is 24.1. The molecule has 2 aromatic rings. The van der Waals surface area contributed by atoms with Crippen molar-refractivity contribution in [2.24, 2.45) is 0 Å². The van der Waals surface area contributed by atoms with E-state index in [0.717, 1.165) is 61.4 Å². The molecule has 7 heteroatoms. The number of hydrogen-bond acceptors (Lipinski definition) is 4. The largest absolute Gasteiger partial charge is 0.428 e. The molecule has 1 saturated heterocycles. The fraction of sp³-hybridized carbons (Fsp3) is 0.576. The Balaban J connectivity index is 0.00000588. The third kappa shape index (κ3) is 10.1. The van der Waals surface area contributed by atoms with Crippen LogP contribution in [0.3, 0.4) is 0 Å². The summed E-state index contributed by atoms with van der Waals surface area (Å²) in [4.78, 5) is 29.4. The molecule has 2 heterocycles. The zero-order valence-corrected chi connectivity index (χ0v) is 24.4. The highest BCUT2D eigenvalue weighted by molar-refractivity contribution is 5.84. The fourth-order valence-electron chi connectivity index (χ4n) is 5.32. The second kappa shape index (κ2) is 16.9. The summed E-state index contributed by atoms with van der Waals surface area (Å²) in [5.74, 6) is -0.626. The number of nitrogens with one attached hydrogen (secondary N) is 1. The topological polar surface area (TPSA) is 71.6 Å². The standard InChI is InChI=1S/C33H47FN2O4.H2/c1-3-4-5-6-7-8-9-10-11-12-13-14-15-16-17-18-31(37)39-26-40-32(38)36-22-21-33(2,25-36)29-24-35-30-20-19-27(34)23-28(29)30;/h7-8,10-11,19-20,23-24,35H,3-6,9,12-18,21-22,25-26H2,1-2H3;1H/b8-7-,11-10-;. The lowest BCUT2D eigenvalue weighted by Gasteiger charge is -2.24. The summed E-state index contributed by atoms with van der Waals surface area (Å²) in [6.07, 6.45) is 23.9. The average Bonchev–Trinajstić information content (AvgIpc) is 3.55. The number of rotatable bonds is 17. The van der Waals surface area contributed by atoms with E-state index < -0.39 is 6.09 Å². The number of unbranched alkanes of at least 4 members (excludes halogenated alkanes) is 8. The van der Waals surface area contributed by atoms with Crippen molar-refractivity contribution in [2.45, 2.75) is 103 Å². The van der Waals surface area contributed by atoms with Crippen molar-refractivity contribution in [1.29, 1.82) is 0 Å². The molecule has 40 heavy (non-hydrogen) atoms.